The third-order valence-corrected chi connectivity index (χ3v) is 6.71. The van der Waals surface area contributed by atoms with Gasteiger partial charge in [-0.3, -0.25) is 4.79 Å². The highest BCUT2D eigenvalue weighted by molar-refractivity contribution is 5.85. The van der Waals surface area contributed by atoms with Gasteiger partial charge in [0.05, 0.1) is 12.0 Å². The molecule has 0 N–H and O–H groups in total. The molecule has 33 heavy (non-hydrogen) atoms. The van der Waals surface area contributed by atoms with E-state index in [2.05, 4.69) is 54.4 Å². The Morgan fingerprint density at radius 1 is 1.12 bits per heavy atom. The number of carbonyl (C=O) groups excluding carboxylic acids is 1. The molecule has 0 spiro atoms. The first-order valence-corrected chi connectivity index (χ1v) is 11.9. The quantitative estimate of drug-likeness (QED) is 0.371. The molecule has 0 saturated heterocycles. The number of rotatable bonds is 9. The first kappa shape index (κ1) is 25.5. The Bertz CT molecular complexity index is 932. The van der Waals surface area contributed by atoms with Gasteiger partial charge in [-0.05, 0) is 88.2 Å². The van der Waals surface area contributed by atoms with E-state index in [1.165, 1.54) is 16.7 Å². The van der Waals surface area contributed by atoms with Gasteiger partial charge >= 0.3 is 5.97 Å². The summed E-state index contributed by atoms with van der Waals surface area (Å²) in [6.45, 7) is 6.19. The van der Waals surface area contributed by atoms with E-state index in [1.54, 1.807) is 0 Å². The smallest absolute Gasteiger partial charge is 0.309 e. The Morgan fingerprint density at radius 2 is 1.91 bits per heavy atom. The van der Waals surface area contributed by atoms with Crippen molar-refractivity contribution in [1.82, 2.24) is 4.90 Å². The fourth-order valence-corrected chi connectivity index (χ4v) is 4.83. The van der Waals surface area contributed by atoms with Crippen LogP contribution in [0, 0.1) is 11.8 Å². The summed E-state index contributed by atoms with van der Waals surface area (Å²) >= 11 is 0. The average molecular weight is 474 g/mol. The summed E-state index contributed by atoms with van der Waals surface area (Å²) in [4.78, 5) is 25.6. The summed E-state index contributed by atoms with van der Waals surface area (Å²) in [5, 5.41) is 0. The van der Waals surface area contributed by atoms with Crippen LogP contribution in [-0.2, 0) is 40.3 Å². The maximum atomic E-state index is 13.0. The summed E-state index contributed by atoms with van der Waals surface area (Å²) in [5.41, 5.74) is 5.16. The molecule has 1 aliphatic heterocycles. The molecule has 5 nitrogen and oxygen atoms in total. The summed E-state index contributed by atoms with van der Waals surface area (Å²) in [7, 11) is 2.13. The lowest BCUT2D eigenvalue weighted by Crippen LogP contribution is -2.34. The van der Waals surface area contributed by atoms with Gasteiger partial charge in [-0.2, -0.15) is 4.89 Å². The number of hydrogen-bond donors (Lipinski definition) is 0. The minimum absolute atomic E-state index is 0. The summed E-state index contributed by atoms with van der Waals surface area (Å²) in [5.74, 6) is 1.09. The molecule has 2 aromatic rings. The molecule has 2 aliphatic rings. The molecule has 0 fully saturated rings. The van der Waals surface area contributed by atoms with Crippen molar-refractivity contribution in [3.05, 3.63) is 64.7 Å². The topological polar surface area (TPSA) is 48.0 Å². The van der Waals surface area contributed by atoms with Gasteiger partial charge in [-0.25, -0.2) is 0 Å². The monoisotopic (exact) mass is 473 g/mol. The number of esters is 1. The number of halogens is 1. The highest BCUT2D eigenvalue weighted by Gasteiger charge is 2.32. The molecule has 1 aliphatic carbocycles. The van der Waals surface area contributed by atoms with Gasteiger partial charge < -0.3 is 14.5 Å². The predicted octanol–water partition coefficient (Wildman–Crippen LogP) is 5.17. The first-order chi connectivity index (χ1) is 15.5. The zero-order valence-electron chi connectivity index (χ0n) is 19.9. The van der Waals surface area contributed by atoms with E-state index in [0.29, 0.717) is 12.5 Å². The van der Waals surface area contributed by atoms with Gasteiger partial charge in [0, 0.05) is 12.1 Å². The molecule has 0 saturated carbocycles. The molecule has 0 amide bonds. The van der Waals surface area contributed by atoms with Crippen LogP contribution in [0.5, 0.6) is 5.75 Å². The SMILES string of the molecule is CC(C)OC(=O)C(CCN(C)CCc1ccc2c(c1)OOC2)C1CCc2ccccc2C1.Cl. The second-order valence-corrected chi connectivity index (χ2v) is 9.49. The molecule has 180 valence electrons. The van der Waals surface area contributed by atoms with E-state index in [0.717, 1.165) is 56.5 Å². The minimum atomic E-state index is -0.0791. The van der Waals surface area contributed by atoms with Crippen LogP contribution < -0.4 is 4.89 Å². The van der Waals surface area contributed by atoms with Crippen LogP contribution in [0.3, 0.4) is 0 Å². The van der Waals surface area contributed by atoms with Gasteiger partial charge in [0.15, 0.2) is 5.75 Å². The zero-order valence-corrected chi connectivity index (χ0v) is 20.7. The Kier molecular flexibility index (Phi) is 9.19. The average Bonchev–Trinajstić information content (AvgIpc) is 3.25. The normalized spacial score (nSPS) is 17.7. The minimum Gasteiger partial charge on any atom is -0.463 e. The van der Waals surface area contributed by atoms with Crippen molar-refractivity contribution in [3.63, 3.8) is 0 Å². The number of aryl methyl sites for hydroxylation is 1. The van der Waals surface area contributed by atoms with Gasteiger partial charge in [-0.15, -0.1) is 12.4 Å². The number of ether oxygens (including phenoxy) is 1. The van der Waals surface area contributed by atoms with Crippen molar-refractivity contribution in [1.29, 1.82) is 0 Å². The van der Waals surface area contributed by atoms with Crippen LogP contribution in [0.15, 0.2) is 42.5 Å². The van der Waals surface area contributed by atoms with Gasteiger partial charge in [0.25, 0.3) is 0 Å². The van der Waals surface area contributed by atoms with E-state index in [-0.39, 0.29) is 30.4 Å². The van der Waals surface area contributed by atoms with Crippen molar-refractivity contribution in [3.8, 4) is 5.75 Å². The molecule has 2 atom stereocenters. The van der Waals surface area contributed by atoms with E-state index >= 15 is 0 Å². The van der Waals surface area contributed by atoms with Crippen LogP contribution in [0.2, 0.25) is 0 Å². The van der Waals surface area contributed by atoms with Gasteiger partial charge in [0.1, 0.15) is 6.61 Å². The van der Waals surface area contributed by atoms with Crippen LogP contribution in [0.1, 0.15) is 48.9 Å². The number of likely N-dealkylation sites (N-methyl/N-ethyl adjacent to an activating group) is 1. The second kappa shape index (κ2) is 11.9. The van der Waals surface area contributed by atoms with E-state index in [4.69, 9.17) is 14.5 Å². The summed E-state index contributed by atoms with van der Waals surface area (Å²) in [6.07, 6.45) is 4.75. The van der Waals surface area contributed by atoms with Crippen LogP contribution in [0.25, 0.3) is 0 Å². The van der Waals surface area contributed by atoms with Crippen molar-refractivity contribution >= 4 is 18.4 Å². The highest BCUT2D eigenvalue weighted by atomic mass is 35.5. The summed E-state index contributed by atoms with van der Waals surface area (Å²) < 4.78 is 5.67. The van der Waals surface area contributed by atoms with Crippen molar-refractivity contribution in [2.75, 3.05) is 20.1 Å². The molecule has 2 aromatic carbocycles. The first-order valence-electron chi connectivity index (χ1n) is 11.9. The van der Waals surface area contributed by atoms with Gasteiger partial charge in [0.2, 0.25) is 0 Å². The molecular formula is C27H36ClNO4. The van der Waals surface area contributed by atoms with Crippen LogP contribution in [0.4, 0.5) is 0 Å². The lowest BCUT2D eigenvalue weighted by atomic mass is 9.76. The van der Waals surface area contributed by atoms with Gasteiger partial charge in [-0.1, -0.05) is 36.4 Å². The maximum Gasteiger partial charge on any atom is 0.309 e. The molecule has 4 rings (SSSR count). The predicted molar refractivity (Wildman–Crippen MR) is 132 cm³/mol. The van der Waals surface area contributed by atoms with E-state index < -0.39 is 0 Å². The fourth-order valence-electron chi connectivity index (χ4n) is 4.83. The van der Waals surface area contributed by atoms with Crippen LogP contribution in [-0.4, -0.2) is 37.1 Å². The van der Waals surface area contributed by atoms with Crippen molar-refractivity contribution < 1.29 is 19.3 Å². The Hall–Kier alpha value is -2.08. The third-order valence-electron chi connectivity index (χ3n) is 6.71. The number of fused-ring (bicyclic) bond motifs is 2. The van der Waals surface area contributed by atoms with Crippen molar-refractivity contribution in [2.24, 2.45) is 11.8 Å². The fraction of sp³-hybridized carbons (Fsp3) is 0.519. The Labute approximate surface area is 203 Å². The standard InChI is InChI=1S/C27H35NO4.ClH/c1-19(2)31-27(29)25(23-11-10-21-6-4-5-7-22(21)17-23)13-15-28(3)14-12-20-8-9-24-18-30-32-26(24)16-20;/h4-9,16,19,23,25H,10-15,17-18H2,1-3H3;1H. The lowest BCUT2D eigenvalue weighted by molar-refractivity contribution is -0.194. The molecular weight excluding hydrogens is 438 g/mol. The highest BCUT2D eigenvalue weighted by Crippen LogP contribution is 2.33. The number of nitrogens with zero attached hydrogens (tertiary/aromatic N) is 1. The number of benzene rings is 2. The molecule has 0 bridgehead atoms. The number of carbonyl (C=O) groups is 1. The van der Waals surface area contributed by atoms with E-state index in [9.17, 15) is 4.79 Å². The largest absolute Gasteiger partial charge is 0.463 e. The second-order valence-electron chi connectivity index (χ2n) is 9.49. The van der Waals surface area contributed by atoms with E-state index in [1.807, 2.05) is 13.8 Å². The number of hydrogen-bond acceptors (Lipinski definition) is 5. The Balaban J connectivity index is 0.00000306. The maximum absolute atomic E-state index is 13.0. The molecule has 0 aromatic heterocycles. The van der Waals surface area contributed by atoms with Crippen LogP contribution >= 0.6 is 12.4 Å². The molecule has 1 heterocycles. The molecule has 0 radical (unpaired) electrons. The van der Waals surface area contributed by atoms with Crippen molar-refractivity contribution in [2.45, 2.75) is 58.7 Å². The zero-order chi connectivity index (χ0) is 22.5. The summed E-state index contributed by atoms with van der Waals surface area (Å²) in [6, 6.07) is 14.9. The molecule has 2 unspecified atom stereocenters. The lowest BCUT2D eigenvalue weighted by Gasteiger charge is -2.32. The Morgan fingerprint density at radius 3 is 2.70 bits per heavy atom. The third kappa shape index (κ3) is 6.72. The molecule has 6 heteroatoms.